The van der Waals surface area contributed by atoms with Crippen molar-refractivity contribution in [1.82, 2.24) is 9.55 Å². The summed E-state index contributed by atoms with van der Waals surface area (Å²) in [5.41, 5.74) is 4.85. The zero-order chi connectivity index (χ0) is 22.8. The van der Waals surface area contributed by atoms with Gasteiger partial charge in [0.15, 0.2) is 0 Å². The van der Waals surface area contributed by atoms with Crippen LogP contribution in [0.5, 0.6) is 0 Å². The number of hydrogen-bond acceptors (Lipinski definition) is 4. The van der Waals surface area contributed by atoms with Gasteiger partial charge < -0.3 is 9.30 Å². The van der Waals surface area contributed by atoms with Crippen LogP contribution in [0.4, 0.5) is 0 Å². The fourth-order valence-electron chi connectivity index (χ4n) is 3.56. The first-order valence-electron chi connectivity index (χ1n) is 10.4. The molecule has 0 fully saturated rings. The van der Waals surface area contributed by atoms with E-state index in [1.54, 1.807) is 20.2 Å². The minimum atomic E-state index is -3.78. The zero-order valence-electron chi connectivity index (χ0n) is 19.1. The second kappa shape index (κ2) is 9.06. The largest absolute Gasteiger partial charge is 0.361 e. The molecule has 1 heterocycles. The van der Waals surface area contributed by atoms with Gasteiger partial charge in [-0.05, 0) is 55.6 Å². The molecule has 0 unspecified atom stereocenters. The molecule has 3 rings (SSSR count). The van der Waals surface area contributed by atoms with Gasteiger partial charge in [-0.3, -0.25) is 0 Å². The van der Waals surface area contributed by atoms with Crippen molar-refractivity contribution in [2.75, 3.05) is 6.61 Å². The summed E-state index contributed by atoms with van der Waals surface area (Å²) in [5.74, 6) is 0. The number of ether oxygens (including phenoxy) is 1. The van der Waals surface area contributed by atoms with Crippen LogP contribution in [0, 0.1) is 20.8 Å². The van der Waals surface area contributed by atoms with Crippen LogP contribution >= 0.6 is 0 Å². The maximum Gasteiger partial charge on any atom is 0.282 e. The number of aromatic nitrogens is 2. The molecular weight excluding hydrogens is 426 g/mol. The Bertz CT molecular complexity index is 1200. The van der Waals surface area contributed by atoms with Crippen LogP contribution < -0.4 is 0 Å². The van der Waals surface area contributed by atoms with E-state index in [1.807, 2.05) is 41.8 Å². The van der Waals surface area contributed by atoms with Crippen molar-refractivity contribution in [2.24, 2.45) is 4.40 Å². The van der Waals surface area contributed by atoms with Crippen molar-refractivity contribution in [3.05, 3.63) is 58.9 Å². The highest BCUT2D eigenvalue weighted by atomic mass is 32.2. The summed E-state index contributed by atoms with van der Waals surface area (Å²) in [6.45, 7) is 13.7. The number of nitrogens with zero attached hydrogens (tertiary/aromatic N) is 3. The lowest BCUT2D eigenvalue weighted by Crippen LogP contribution is -2.21. The number of fused-ring (bicyclic) bond motifs is 1. The molecule has 0 saturated carbocycles. The van der Waals surface area contributed by atoms with Gasteiger partial charge in [0.2, 0.25) is 0 Å². The fourth-order valence-corrected chi connectivity index (χ4v) is 5.62. The number of sulfonamides is 1. The van der Waals surface area contributed by atoms with E-state index in [1.165, 1.54) is 6.21 Å². The highest BCUT2D eigenvalue weighted by Crippen LogP contribution is 2.24. The summed E-state index contributed by atoms with van der Waals surface area (Å²) in [5, 5.41) is 0. The molecule has 0 radical (unpaired) electrons. The van der Waals surface area contributed by atoms with Gasteiger partial charge in [0.05, 0.1) is 22.3 Å². The van der Waals surface area contributed by atoms with Crippen LogP contribution in [0.2, 0.25) is 25.7 Å². The monoisotopic (exact) mass is 457 g/mol. The lowest BCUT2D eigenvalue weighted by Gasteiger charge is -2.15. The Balaban J connectivity index is 1.76. The number of benzene rings is 2. The van der Waals surface area contributed by atoms with Crippen LogP contribution in [0.3, 0.4) is 0 Å². The summed E-state index contributed by atoms with van der Waals surface area (Å²) < 4.78 is 37.3. The summed E-state index contributed by atoms with van der Waals surface area (Å²) in [4.78, 5) is 4.70. The van der Waals surface area contributed by atoms with E-state index in [0.29, 0.717) is 23.4 Å². The molecule has 0 bridgehead atoms. The van der Waals surface area contributed by atoms with Gasteiger partial charge in [-0.15, -0.1) is 0 Å². The molecule has 3 aromatic rings. The van der Waals surface area contributed by atoms with E-state index in [2.05, 4.69) is 29.0 Å². The Morgan fingerprint density at radius 1 is 1.10 bits per heavy atom. The molecule has 0 amide bonds. The van der Waals surface area contributed by atoms with Gasteiger partial charge >= 0.3 is 0 Å². The molecule has 8 heteroatoms. The van der Waals surface area contributed by atoms with Crippen LogP contribution in [0.15, 0.2) is 46.0 Å². The van der Waals surface area contributed by atoms with Gasteiger partial charge in [0.25, 0.3) is 10.0 Å². The van der Waals surface area contributed by atoms with E-state index in [-0.39, 0.29) is 4.90 Å². The van der Waals surface area contributed by atoms with Gasteiger partial charge in [-0.25, -0.2) is 4.98 Å². The van der Waals surface area contributed by atoms with Crippen LogP contribution in [0.1, 0.15) is 22.3 Å². The molecule has 1 aromatic heterocycles. The quantitative estimate of drug-likeness (QED) is 0.268. The first-order valence-corrected chi connectivity index (χ1v) is 15.5. The molecule has 31 heavy (non-hydrogen) atoms. The Kier molecular flexibility index (Phi) is 6.83. The molecular formula is C23H31N3O3SSi. The zero-order valence-corrected chi connectivity index (χ0v) is 21.0. The molecule has 0 saturated heterocycles. The maximum atomic E-state index is 12.8. The number of aryl methyl sites for hydroxylation is 3. The molecule has 0 aliphatic rings. The van der Waals surface area contributed by atoms with E-state index >= 15 is 0 Å². The first kappa shape index (κ1) is 23.4. The van der Waals surface area contributed by atoms with Gasteiger partial charge in [-0.2, -0.15) is 12.8 Å². The van der Waals surface area contributed by atoms with E-state index in [0.717, 1.165) is 29.2 Å². The van der Waals surface area contributed by atoms with Crippen LogP contribution in [-0.4, -0.2) is 38.9 Å². The van der Waals surface area contributed by atoms with Crippen molar-refractivity contribution in [2.45, 2.75) is 58.1 Å². The summed E-state index contributed by atoms with van der Waals surface area (Å²) in [6.07, 6.45) is 3.13. The first-order chi connectivity index (χ1) is 14.5. The Morgan fingerprint density at radius 3 is 2.42 bits per heavy atom. The van der Waals surface area contributed by atoms with Crippen LogP contribution in [-0.2, 0) is 21.5 Å². The third-order valence-electron chi connectivity index (χ3n) is 5.08. The van der Waals surface area contributed by atoms with Gasteiger partial charge in [-0.1, -0.05) is 43.4 Å². The van der Waals surface area contributed by atoms with Gasteiger partial charge in [0, 0.05) is 20.9 Å². The number of hydrogen-bond donors (Lipinski definition) is 0. The second-order valence-corrected chi connectivity index (χ2v) is 16.4. The van der Waals surface area contributed by atoms with Crippen molar-refractivity contribution < 1.29 is 13.2 Å². The molecule has 0 N–H and O–H groups in total. The Hall–Kier alpha value is -2.29. The predicted octanol–water partition coefficient (Wildman–Crippen LogP) is 5.08. The minimum absolute atomic E-state index is 0.273. The van der Waals surface area contributed by atoms with E-state index < -0.39 is 18.1 Å². The maximum absolute atomic E-state index is 12.8. The van der Waals surface area contributed by atoms with E-state index in [4.69, 9.17) is 4.74 Å². The third kappa shape index (κ3) is 5.90. The molecule has 0 atom stereocenters. The lowest BCUT2D eigenvalue weighted by atomic mass is 10.1. The highest BCUT2D eigenvalue weighted by molar-refractivity contribution is 7.90. The molecule has 6 nitrogen and oxygen atoms in total. The third-order valence-corrected chi connectivity index (χ3v) is 8.32. The average molecular weight is 458 g/mol. The Labute approximate surface area is 186 Å². The van der Waals surface area contributed by atoms with E-state index in [9.17, 15) is 8.42 Å². The molecule has 0 aliphatic heterocycles. The smallest absolute Gasteiger partial charge is 0.282 e. The van der Waals surface area contributed by atoms with Crippen molar-refractivity contribution >= 4 is 35.3 Å². The topological polar surface area (TPSA) is 73.5 Å². The highest BCUT2D eigenvalue weighted by Gasteiger charge is 2.18. The average Bonchev–Trinajstić information content (AvgIpc) is 3.04. The van der Waals surface area contributed by atoms with Crippen molar-refractivity contribution in [3.63, 3.8) is 0 Å². The molecule has 2 aromatic carbocycles. The number of imidazole rings is 1. The minimum Gasteiger partial charge on any atom is -0.361 e. The molecule has 0 aliphatic carbocycles. The molecule has 0 spiro atoms. The van der Waals surface area contributed by atoms with Crippen LogP contribution in [0.25, 0.3) is 11.0 Å². The fraction of sp³-hybridized carbons (Fsp3) is 0.391. The SMILES string of the molecule is Cc1cc(C)c(S(=O)(=O)/N=C/c2ccc3c(c2)ncn3COCC[Si](C)(C)C)c(C)c1. The summed E-state index contributed by atoms with van der Waals surface area (Å²) >= 11 is 0. The predicted molar refractivity (Wildman–Crippen MR) is 129 cm³/mol. The summed E-state index contributed by atoms with van der Waals surface area (Å²) in [7, 11) is -4.90. The normalized spacial score (nSPS) is 12.8. The standard InChI is InChI=1S/C23H31N3O3SSi/c1-17-11-18(2)23(19(3)12-17)30(27,28)25-14-20-7-8-22-21(13-20)24-15-26(22)16-29-9-10-31(4,5)6/h7-8,11-15H,9-10,16H2,1-6H3/b25-14+. The van der Waals surface area contributed by atoms with Crippen molar-refractivity contribution in [1.29, 1.82) is 0 Å². The number of rotatable bonds is 8. The van der Waals surface area contributed by atoms with Crippen molar-refractivity contribution in [3.8, 4) is 0 Å². The second-order valence-electron chi connectivity index (χ2n) is 9.25. The van der Waals surface area contributed by atoms with Gasteiger partial charge in [0.1, 0.15) is 6.73 Å². The molecule has 166 valence electrons. The Morgan fingerprint density at radius 2 is 1.77 bits per heavy atom. The summed E-state index contributed by atoms with van der Waals surface area (Å²) in [6, 6.07) is 10.4. The lowest BCUT2D eigenvalue weighted by molar-refractivity contribution is 0.0898.